The quantitative estimate of drug-likeness (QED) is 0.898. The molecular weight excluding hydrogens is 330 g/mol. The van der Waals surface area contributed by atoms with Crippen molar-refractivity contribution in [3.8, 4) is 11.8 Å². The summed E-state index contributed by atoms with van der Waals surface area (Å²) in [7, 11) is 0. The maximum atomic E-state index is 12.4. The van der Waals surface area contributed by atoms with Gasteiger partial charge >= 0.3 is 0 Å². The van der Waals surface area contributed by atoms with E-state index in [4.69, 9.17) is 10.00 Å². The van der Waals surface area contributed by atoms with Crippen LogP contribution in [0.25, 0.3) is 0 Å². The highest BCUT2D eigenvalue weighted by molar-refractivity contribution is 6.00. The number of hydrogen-bond donors (Lipinski definition) is 1. The van der Waals surface area contributed by atoms with Crippen molar-refractivity contribution in [2.45, 2.75) is 26.0 Å². The molecule has 3 rings (SSSR count). The first-order chi connectivity index (χ1) is 12.6. The molecule has 0 aromatic heterocycles. The maximum absolute atomic E-state index is 12.4. The number of carbonyl (C=O) groups excluding carboxylic acids is 2. The Balaban J connectivity index is 1.59. The van der Waals surface area contributed by atoms with E-state index in [2.05, 4.69) is 11.4 Å². The van der Waals surface area contributed by atoms with Gasteiger partial charge < -0.3 is 15.0 Å². The average molecular weight is 349 g/mol. The summed E-state index contributed by atoms with van der Waals surface area (Å²) < 4.78 is 5.59. The second kappa shape index (κ2) is 7.70. The highest BCUT2D eigenvalue weighted by atomic mass is 16.5. The number of anilines is 1. The monoisotopic (exact) mass is 349 g/mol. The Morgan fingerprint density at radius 2 is 2.08 bits per heavy atom. The van der Waals surface area contributed by atoms with E-state index >= 15 is 0 Å². The molecule has 26 heavy (non-hydrogen) atoms. The minimum absolute atomic E-state index is 0.154. The maximum Gasteiger partial charge on any atom is 0.267 e. The predicted molar refractivity (Wildman–Crippen MR) is 96.5 cm³/mol. The lowest BCUT2D eigenvalue weighted by Crippen LogP contribution is -2.45. The Labute approximate surface area is 152 Å². The summed E-state index contributed by atoms with van der Waals surface area (Å²) in [4.78, 5) is 26.2. The zero-order valence-electron chi connectivity index (χ0n) is 14.4. The molecular formula is C20H19N3O3. The largest absolute Gasteiger partial charge is 0.479 e. The number of fused-ring (bicyclic) bond motifs is 1. The second-order valence-corrected chi connectivity index (χ2v) is 6.06. The van der Waals surface area contributed by atoms with Crippen LogP contribution < -0.4 is 15.0 Å². The van der Waals surface area contributed by atoms with E-state index in [1.807, 2.05) is 30.3 Å². The molecule has 0 radical (unpaired) electrons. The van der Waals surface area contributed by atoms with Gasteiger partial charge in [-0.15, -0.1) is 0 Å². The van der Waals surface area contributed by atoms with Crippen molar-refractivity contribution in [3.63, 3.8) is 0 Å². The van der Waals surface area contributed by atoms with Gasteiger partial charge in [-0.2, -0.15) is 5.26 Å². The molecule has 0 aliphatic carbocycles. The summed E-state index contributed by atoms with van der Waals surface area (Å²) in [6.07, 6.45) is -0.383. The molecule has 2 amide bonds. The lowest BCUT2D eigenvalue weighted by Gasteiger charge is -2.32. The number of benzene rings is 2. The summed E-state index contributed by atoms with van der Waals surface area (Å²) in [5.74, 6) is 0.336. The summed E-state index contributed by atoms with van der Waals surface area (Å²) in [5, 5.41) is 11.7. The molecule has 0 spiro atoms. The van der Waals surface area contributed by atoms with E-state index in [9.17, 15) is 9.59 Å². The first-order valence-corrected chi connectivity index (χ1v) is 8.41. The number of carbonyl (C=O) groups is 2. The van der Waals surface area contributed by atoms with Crippen molar-refractivity contribution >= 4 is 17.5 Å². The molecule has 132 valence electrons. The molecule has 1 atom stereocenters. The first kappa shape index (κ1) is 17.5. The van der Waals surface area contributed by atoms with E-state index in [0.29, 0.717) is 23.5 Å². The first-order valence-electron chi connectivity index (χ1n) is 8.41. The highest BCUT2D eigenvalue weighted by Gasteiger charge is 2.31. The van der Waals surface area contributed by atoms with Gasteiger partial charge in [0.2, 0.25) is 5.91 Å². The fourth-order valence-corrected chi connectivity index (χ4v) is 2.84. The van der Waals surface area contributed by atoms with E-state index in [1.165, 1.54) is 0 Å². The van der Waals surface area contributed by atoms with Gasteiger partial charge in [0, 0.05) is 19.5 Å². The van der Waals surface area contributed by atoms with Gasteiger partial charge in [0.1, 0.15) is 5.75 Å². The normalized spacial score (nSPS) is 15.6. The van der Waals surface area contributed by atoms with Crippen LogP contribution in [0.3, 0.4) is 0 Å². The lowest BCUT2D eigenvalue weighted by molar-refractivity contribution is -0.125. The fourth-order valence-electron chi connectivity index (χ4n) is 2.84. The smallest absolute Gasteiger partial charge is 0.267 e. The number of nitrogens with zero attached hydrogens (tertiary/aromatic N) is 2. The van der Waals surface area contributed by atoms with Crippen LogP contribution in [-0.2, 0) is 16.1 Å². The minimum Gasteiger partial charge on any atom is -0.479 e. The lowest BCUT2D eigenvalue weighted by atomic mass is 10.1. The van der Waals surface area contributed by atoms with Crippen LogP contribution in [0, 0.1) is 11.3 Å². The van der Waals surface area contributed by atoms with Gasteiger partial charge in [-0.1, -0.05) is 24.3 Å². The van der Waals surface area contributed by atoms with Crippen molar-refractivity contribution in [1.82, 2.24) is 5.32 Å². The van der Waals surface area contributed by atoms with E-state index in [-0.39, 0.29) is 24.8 Å². The van der Waals surface area contributed by atoms with Crippen molar-refractivity contribution < 1.29 is 14.3 Å². The van der Waals surface area contributed by atoms with Gasteiger partial charge in [-0.05, 0) is 36.8 Å². The zero-order chi connectivity index (χ0) is 18.5. The molecule has 0 fully saturated rings. The van der Waals surface area contributed by atoms with E-state index < -0.39 is 6.10 Å². The summed E-state index contributed by atoms with van der Waals surface area (Å²) in [6, 6.07) is 16.5. The molecule has 2 aromatic rings. The Kier molecular flexibility index (Phi) is 5.18. The summed E-state index contributed by atoms with van der Waals surface area (Å²) in [6.45, 7) is 2.33. The van der Waals surface area contributed by atoms with Crippen LogP contribution in [0.2, 0.25) is 0 Å². The number of hydrogen-bond acceptors (Lipinski definition) is 4. The zero-order valence-corrected chi connectivity index (χ0v) is 14.4. The number of nitriles is 1. The average Bonchev–Trinajstić information content (AvgIpc) is 2.67. The fraction of sp³-hybridized carbons (Fsp3) is 0.250. The van der Waals surface area contributed by atoms with Crippen LogP contribution in [-0.4, -0.2) is 24.5 Å². The van der Waals surface area contributed by atoms with E-state index in [0.717, 1.165) is 5.56 Å². The summed E-state index contributed by atoms with van der Waals surface area (Å²) in [5.41, 5.74) is 2.10. The number of rotatable bonds is 5. The summed E-state index contributed by atoms with van der Waals surface area (Å²) >= 11 is 0. The van der Waals surface area contributed by atoms with Gasteiger partial charge in [-0.3, -0.25) is 9.59 Å². The van der Waals surface area contributed by atoms with Crippen molar-refractivity contribution in [1.29, 1.82) is 5.26 Å². The molecule has 1 aliphatic heterocycles. The van der Waals surface area contributed by atoms with Gasteiger partial charge in [0.05, 0.1) is 17.3 Å². The highest BCUT2D eigenvalue weighted by Crippen LogP contribution is 2.33. The molecule has 6 heteroatoms. The number of amides is 2. The Bertz CT molecular complexity index is 873. The molecule has 1 heterocycles. The second-order valence-electron chi connectivity index (χ2n) is 6.06. The predicted octanol–water partition coefficient (Wildman–Crippen LogP) is 2.38. The molecule has 0 saturated carbocycles. The van der Waals surface area contributed by atoms with Crippen molar-refractivity contribution in [3.05, 3.63) is 59.7 Å². The Morgan fingerprint density at radius 1 is 1.27 bits per heavy atom. The molecule has 1 aliphatic rings. The van der Waals surface area contributed by atoms with Crippen LogP contribution >= 0.6 is 0 Å². The Morgan fingerprint density at radius 3 is 2.88 bits per heavy atom. The minimum atomic E-state index is -0.568. The van der Waals surface area contributed by atoms with Crippen LogP contribution in [0.5, 0.6) is 5.75 Å². The number of ether oxygens (including phenoxy) is 1. The third-order valence-electron chi connectivity index (χ3n) is 4.18. The van der Waals surface area contributed by atoms with Gasteiger partial charge in [-0.25, -0.2) is 0 Å². The SMILES string of the molecule is CC1Oc2ccccc2N(CCC(=O)NCc2cccc(C#N)c2)C1=O. The molecule has 6 nitrogen and oxygen atoms in total. The van der Waals surface area contributed by atoms with Crippen LogP contribution in [0.15, 0.2) is 48.5 Å². The number of para-hydroxylation sites is 2. The third kappa shape index (κ3) is 3.83. The van der Waals surface area contributed by atoms with Crippen molar-refractivity contribution in [2.75, 3.05) is 11.4 Å². The molecule has 0 bridgehead atoms. The molecule has 1 unspecified atom stereocenters. The van der Waals surface area contributed by atoms with E-state index in [1.54, 1.807) is 30.0 Å². The molecule has 2 aromatic carbocycles. The van der Waals surface area contributed by atoms with Gasteiger partial charge in [0.25, 0.3) is 5.91 Å². The topological polar surface area (TPSA) is 82.4 Å². The van der Waals surface area contributed by atoms with Crippen LogP contribution in [0.4, 0.5) is 5.69 Å². The van der Waals surface area contributed by atoms with Crippen LogP contribution in [0.1, 0.15) is 24.5 Å². The third-order valence-corrected chi connectivity index (χ3v) is 4.18. The number of nitrogens with one attached hydrogen (secondary N) is 1. The Hall–Kier alpha value is -3.33. The standard InChI is InChI=1S/C20H19N3O3/c1-14-20(25)23(17-7-2-3-8-18(17)26-14)10-9-19(24)22-13-16-6-4-5-15(11-16)12-21/h2-8,11,14H,9-10,13H2,1H3,(H,22,24). The van der Waals surface area contributed by atoms with Crippen molar-refractivity contribution in [2.24, 2.45) is 0 Å². The van der Waals surface area contributed by atoms with Gasteiger partial charge in [0.15, 0.2) is 6.10 Å². The molecule has 1 N–H and O–H groups in total. The molecule has 0 saturated heterocycles.